The van der Waals surface area contributed by atoms with E-state index in [2.05, 4.69) is 5.92 Å². The lowest BCUT2D eigenvalue weighted by Gasteiger charge is -2.09. The fourth-order valence-electron chi connectivity index (χ4n) is 1.46. The van der Waals surface area contributed by atoms with Gasteiger partial charge >= 0.3 is 0 Å². The Morgan fingerprint density at radius 3 is 2.72 bits per heavy atom. The van der Waals surface area contributed by atoms with Gasteiger partial charge in [-0.15, -0.1) is 6.42 Å². The van der Waals surface area contributed by atoms with Gasteiger partial charge in [-0.3, -0.25) is 0 Å². The lowest BCUT2D eigenvalue weighted by Crippen LogP contribution is -2.86. The molecule has 0 heterocycles. The fraction of sp³-hybridized carbons (Fsp3) is 0.429. The van der Waals surface area contributed by atoms with Crippen LogP contribution in [0.15, 0.2) is 24.3 Å². The van der Waals surface area contributed by atoms with Crippen LogP contribution in [0.5, 0.6) is 5.75 Å². The fourth-order valence-corrected chi connectivity index (χ4v) is 1.46. The van der Waals surface area contributed by atoms with Gasteiger partial charge in [-0.1, -0.05) is 12.1 Å². The van der Waals surface area contributed by atoms with Crippen molar-refractivity contribution in [3.63, 3.8) is 0 Å². The van der Waals surface area contributed by atoms with Crippen LogP contribution >= 0.6 is 0 Å². The second-order valence-corrected chi connectivity index (χ2v) is 3.95. The zero-order valence-electron chi connectivity index (χ0n) is 10.6. The highest BCUT2D eigenvalue weighted by Crippen LogP contribution is 2.11. The van der Waals surface area contributed by atoms with Gasteiger partial charge in [0, 0.05) is 0 Å². The van der Waals surface area contributed by atoms with Crippen molar-refractivity contribution in [3.05, 3.63) is 29.8 Å². The van der Waals surface area contributed by atoms with Crippen LogP contribution < -0.4 is 10.1 Å². The average molecular weight is 250 g/mol. The van der Waals surface area contributed by atoms with Crippen molar-refractivity contribution >= 4 is 0 Å². The number of quaternary nitrogens is 1. The molecular weight excluding hydrogens is 230 g/mol. The number of aliphatic hydroxyl groups excluding tert-OH is 1. The third-order valence-electron chi connectivity index (χ3n) is 2.44. The number of hydrogen-bond acceptors (Lipinski definition) is 3. The summed E-state index contributed by atoms with van der Waals surface area (Å²) in [4.78, 5) is 0. The van der Waals surface area contributed by atoms with E-state index in [0.29, 0.717) is 26.3 Å². The summed E-state index contributed by atoms with van der Waals surface area (Å²) in [5, 5.41) is 11.5. The van der Waals surface area contributed by atoms with Crippen LogP contribution in [0.25, 0.3) is 0 Å². The Hall–Kier alpha value is -1.54. The smallest absolute Gasteiger partial charge is 0.137 e. The van der Waals surface area contributed by atoms with Crippen molar-refractivity contribution in [3.8, 4) is 18.1 Å². The number of benzene rings is 1. The Balaban J connectivity index is 2.18. The van der Waals surface area contributed by atoms with Crippen LogP contribution in [0, 0.1) is 12.3 Å². The van der Waals surface area contributed by atoms with Gasteiger partial charge in [0.15, 0.2) is 0 Å². The molecule has 0 aliphatic carbocycles. The first kappa shape index (κ1) is 14.5. The molecule has 0 unspecified atom stereocenters. The number of rotatable bonds is 8. The second-order valence-electron chi connectivity index (χ2n) is 3.95. The number of ether oxygens (including phenoxy) is 2. The molecule has 0 amide bonds. The summed E-state index contributed by atoms with van der Waals surface area (Å²) in [6.45, 7) is 1.94. The molecule has 0 fully saturated rings. The minimum atomic E-state index is -0.489. The Labute approximate surface area is 108 Å². The molecule has 4 nitrogen and oxygen atoms in total. The van der Waals surface area contributed by atoms with Crippen molar-refractivity contribution in [2.45, 2.75) is 12.7 Å². The summed E-state index contributed by atoms with van der Waals surface area (Å²) < 4.78 is 10.5. The average Bonchev–Trinajstić information content (AvgIpc) is 2.40. The number of aliphatic hydroxyl groups is 1. The Morgan fingerprint density at radius 2 is 2.11 bits per heavy atom. The largest absolute Gasteiger partial charge is 0.497 e. The quantitative estimate of drug-likeness (QED) is 0.495. The van der Waals surface area contributed by atoms with E-state index in [0.717, 1.165) is 11.3 Å². The van der Waals surface area contributed by atoms with Gasteiger partial charge in [-0.2, -0.15) is 0 Å². The summed E-state index contributed by atoms with van der Waals surface area (Å²) in [5.41, 5.74) is 1.05. The molecule has 0 saturated heterocycles. The Bertz CT molecular complexity index is 370. The predicted octanol–water partition coefficient (Wildman–Crippen LogP) is -0.231. The molecule has 3 N–H and O–H groups in total. The first-order valence-electron chi connectivity index (χ1n) is 5.90. The number of nitrogens with two attached hydrogens (primary N) is 1. The SMILES string of the molecule is C#CC[NH2+]C[C@@H](O)COCc1ccc(OC)cc1. The monoisotopic (exact) mass is 250 g/mol. The summed E-state index contributed by atoms with van der Waals surface area (Å²) in [5.74, 6) is 3.32. The maximum Gasteiger partial charge on any atom is 0.137 e. The molecule has 1 atom stereocenters. The Morgan fingerprint density at radius 1 is 1.39 bits per heavy atom. The molecule has 0 radical (unpaired) electrons. The van der Waals surface area contributed by atoms with Crippen molar-refractivity contribution in [1.82, 2.24) is 0 Å². The summed E-state index contributed by atoms with van der Waals surface area (Å²) >= 11 is 0. The van der Waals surface area contributed by atoms with E-state index in [1.54, 1.807) is 7.11 Å². The first-order chi connectivity index (χ1) is 8.76. The van der Waals surface area contributed by atoms with Crippen LogP contribution in [-0.2, 0) is 11.3 Å². The minimum Gasteiger partial charge on any atom is -0.497 e. The summed E-state index contributed by atoms with van der Waals surface area (Å²) in [7, 11) is 1.63. The van der Waals surface area contributed by atoms with Gasteiger partial charge in [-0.25, -0.2) is 0 Å². The standard InChI is InChI=1S/C14H19NO3/c1-3-8-15-9-13(16)11-18-10-12-4-6-14(17-2)7-5-12/h1,4-7,13,15-16H,8-11H2,2H3/p+1/t13-/m1/s1. The molecule has 98 valence electrons. The molecule has 1 aromatic rings. The molecule has 0 aromatic heterocycles. The van der Waals surface area contributed by atoms with Crippen LogP contribution in [0.2, 0.25) is 0 Å². The van der Waals surface area contributed by atoms with Crippen molar-refractivity contribution in [2.24, 2.45) is 0 Å². The first-order valence-corrected chi connectivity index (χ1v) is 5.90. The lowest BCUT2D eigenvalue weighted by molar-refractivity contribution is -0.650. The molecule has 0 aliphatic rings. The minimum absolute atomic E-state index is 0.313. The predicted molar refractivity (Wildman–Crippen MR) is 69.1 cm³/mol. The van der Waals surface area contributed by atoms with Gasteiger partial charge in [0.1, 0.15) is 24.9 Å². The highest BCUT2D eigenvalue weighted by atomic mass is 16.5. The highest BCUT2D eigenvalue weighted by Gasteiger charge is 2.05. The molecule has 18 heavy (non-hydrogen) atoms. The zero-order chi connectivity index (χ0) is 13.2. The number of methoxy groups -OCH3 is 1. The highest BCUT2D eigenvalue weighted by molar-refractivity contribution is 5.26. The molecule has 1 rings (SSSR count). The third kappa shape index (κ3) is 5.69. The van der Waals surface area contributed by atoms with Crippen LogP contribution in [0.3, 0.4) is 0 Å². The molecule has 0 aliphatic heterocycles. The van der Waals surface area contributed by atoms with Gasteiger partial charge in [0.2, 0.25) is 0 Å². The summed E-state index contributed by atoms with van der Waals surface area (Å²) in [6.07, 6.45) is 4.62. The van der Waals surface area contributed by atoms with Crippen molar-refractivity contribution in [2.75, 3.05) is 26.8 Å². The van der Waals surface area contributed by atoms with Gasteiger partial charge in [0.05, 0.1) is 20.3 Å². The van der Waals surface area contributed by atoms with Crippen LogP contribution in [-0.4, -0.2) is 38.0 Å². The molecule has 1 aromatic carbocycles. The van der Waals surface area contributed by atoms with E-state index in [1.165, 1.54) is 0 Å². The maximum absolute atomic E-state index is 9.59. The van der Waals surface area contributed by atoms with Gasteiger partial charge in [0.25, 0.3) is 0 Å². The van der Waals surface area contributed by atoms with Crippen LogP contribution in [0.1, 0.15) is 5.56 Å². The van der Waals surface area contributed by atoms with Crippen LogP contribution in [0.4, 0.5) is 0 Å². The van der Waals surface area contributed by atoms with Crippen molar-refractivity contribution < 1.29 is 19.9 Å². The molecular formula is C14H20NO3+. The zero-order valence-corrected chi connectivity index (χ0v) is 10.6. The van der Waals surface area contributed by atoms with E-state index in [1.807, 2.05) is 29.6 Å². The number of terminal acetylenes is 1. The molecule has 0 spiro atoms. The normalized spacial score (nSPS) is 11.8. The van der Waals surface area contributed by atoms with Crippen molar-refractivity contribution in [1.29, 1.82) is 0 Å². The van der Waals surface area contributed by atoms with Gasteiger partial charge in [-0.05, 0) is 23.6 Å². The summed E-state index contributed by atoms with van der Waals surface area (Å²) in [6, 6.07) is 7.65. The third-order valence-corrected chi connectivity index (χ3v) is 2.44. The van der Waals surface area contributed by atoms with E-state index < -0.39 is 6.10 Å². The lowest BCUT2D eigenvalue weighted by atomic mass is 10.2. The van der Waals surface area contributed by atoms with E-state index >= 15 is 0 Å². The van der Waals surface area contributed by atoms with Gasteiger partial charge < -0.3 is 19.9 Å². The van der Waals surface area contributed by atoms with E-state index in [-0.39, 0.29) is 0 Å². The molecule has 0 bridgehead atoms. The topological polar surface area (TPSA) is 55.3 Å². The molecule has 4 heteroatoms. The van der Waals surface area contributed by atoms with E-state index in [9.17, 15) is 5.11 Å². The Kier molecular flexibility index (Phi) is 6.89. The maximum atomic E-state index is 9.59. The molecule has 0 saturated carbocycles. The number of hydrogen-bond donors (Lipinski definition) is 2. The second kappa shape index (κ2) is 8.54. The van der Waals surface area contributed by atoms with E-state index in [4.69, 9.17) is 15.9 Å².